The fourth-order valence-electron chi connectivity index (χ4n) is 1.21. The number of nitro groups is 1. The Kier molecular flexibility index (Phi) is 5.14. The molecule has 5 heteroatoms. The van der Waals surface area contributed by atoms with Crippen molar-refractivity contribution in [2.24, 2.45) is 0 Å². The molecule has 1 N–H and O–H groups in total. The Morgan fingerprint density at radius 2 is 2.38 bits per heavy atom. The average molecular weight is 240 g/mol. The van der Waals surface area contributed by atoms with Crippen molar-refractivity contribution in [3.05, 3.63) is 33.2 Å². The van der Waals surface area contributed by atoms with Gasteiger partial charge in [0.2, 0.25) is 0 Å². The zero-order chi connectivity index (χ0) is 12.0. The van der Waals surface area contributed by atoms with E-state index in [-0.39, 0.29) is 9.92 Å². The number of thiophene rings is 1. The highest BCUT2D eigenvalue weighted by Gasteiger charge is 2.07. The van der Waals surface area contributed by atoms with Crippen LogP contribution in [0.15, 0.2) is 18.2 Å². The molecule has 16 heavy (non-hydrogen) atoms. The van der Waals surface area contributed by atoms with Gasteiger partial charge in [-0.3, -0.25) is 10.1 Å². The third kappa shape index (κ3) is 4.12. The van der Waals surface area contributed by atoms with Crippen LogP contribution in [0.25, 0.3) is 6.08 Å². The smallest absolute Gasteiger partial charge is 0.311 e. The van der Waals surface area contributed by atoms with Crippen LogP contribution in [0.2, 0.25) is 0 Å². The van der Waals surface area contributed by atoms with E-state index in [1.165, 1.54) is 17.4 Å². The zero-order valence-corrected chi connectivity index (χ0v) is 10.3. The van der Waals surface area contributed by atoms with Gasteiger partial charge in [-0.1, -0.05) is 24.3 Å². The molecule has 0 aliphatic carbocycles. The van der Waals surface area contributed by atoms with Gasteiger partial charge < -0.3 is 5.32 Å². The molecule has 0 saturated heterocycles. The summed E-state index contributed by atoms with van der Waals surface area (Å²) < 4.78 is 0. The summed E-state index contributed by atoms with van der Waals surface area (Å²) in [6, 6.07) is 3.60. The van der Waals surface area contributed by atoms with Crippen molar-refractivity contribution in [3.8, 4) is 0 Å². The van der Waals surface area contributed by atoms with Crippen LogP contribution in [-0.2, 0) is 0 Å². The largest absolute Gasteiger partial charge is 0.324 e. The van der Waals surface area contributed by atoms with Crippen molar-refractivity contribution in [1.29, 1.82) is 0 Å². The second kappa shape index (κ2) is 6.40. The molecule has 4 nitrogen and oxygen atoms in total. The van der Waals surface area contributed by atoms with E-state index < -0.39 is 0 Å². The highest BCUT2D eigenvalue weighted by molar-refractivity contribution is 7.16. The minimum atomic E-state index is -0.360. The summed E-state index contributed by atoms with van der Waals surface area (Å²) in [7, 11) is 0. The van der Waals surface area contributed by atoms with Crippen LogP contribution in [0.1, 0.15) is 25.1 Å². The van der Waals surface area contributed by atoms with Gasteiger partial charge in [0.25, 0.3) is 0 Å². The molecule has 1 heterocycles. The first-order chi connectivity index (χ1) is 7.63. The molecule has 1 rings (SSSR count). The quantitative estimate of drug-likeness (QED) is 0.614. The van der Waals surface area contributed by atoms with Crippen molar-refractivity contribution < 1.29 is 4.92 Å². The lowest BCUT2D eigenvalue weighted by Crippen LogP contribution is -2.24. The molecule has 1 aromatic rings. The van der Waals surface area contributed by atoms with Gasteiger partial charge in [0, 0.05) is 17.0 Å². The highest BCUT2D eigenvalue weighted by atomic mass is 32.1. The van der Waals surface area contributed by atoms with Crippen molar-refractivity contribution in [1.82, 2.24) is 5.32 Å². The Labute approximate surface area is 99.1 Å². The van der Waals surface area contributed by atoms with E-state index in [4.69, 9.17) is 0 Å². The van der Waals surface area contributed by atoms with Gasteiger partial charge in [-0.15, -0.1) is 0 Å². The van der Waals surface area contributed by atoms with E-state index in [2.05, 4.69) is 19.2 Å². The minimum Gasteiger partial charge on any atom is -0.311 e. The SMILES string of the molecule is CCCNC(C)/C=C/c1ccc([N+](=O)[O-])s1. The number of nitrogens with zero attached hydrogens (tertiary/aromatic N) is 1. The Morgan fingerprint density at radius 3 is 2.94 bits per heavy atom. The van der Waals surface area contributed by atoms with Crippen molar-refractivity contribution in [2.45, 2.75) is 26.3 Å². The van der Waals surface area contributed by atoms with E-state index in [0.29, 0.717) is 6.04 Å². The first kappa shape index (κ1) is 12.9. The monoisotopic (exact) mass is 240 g/mol. The molecule has 0 aliphatic heterocycles. The van der Waals surface area contributed by atoms with Gasteiger partial charge in [0.15, 0.2) is 0 Å². The van der Waals surface area contributed by atoms with Crippen LogP contribution in [0.4, 0.5) is 5.00 Å². The third-order valence-electron chi connectivity index (χ3n) is 2.06. The minimum absolute atomic E-state index is 0.189. The second-order valence-electron chi connectivity index (χ2n) is 3.54. The number of hydrogen-bond donors (Lipinski definition) is 1. The van der Waals surface area contributed by atoms with Crippen LogP contribution in [-0.4, -0.2) is 17.5 Å². The summed E-state index contributed by atoms with van der Waals surface area (Å²) in [5.74, 6) is 0. The van der Waals surface area contributed by atoms with E-state index in [9.17, 15) is 10.1 Å². The first-order valence-corrected chi connectivity index (χ1v) is 6.11. The maximum absolute atomic E-state index is 10.5. The van der Waals surface area contributed by atoms with Crippen LogP contribution < -0.4 is 5.32 Å². The van der Waals surface area contributed by atoms with Crippen molar-refractivity contribution >= 4 is 22.4 Å². The molecule has 0 spiro atoms. The summed E-state index contributed by atoms with van der Waals surface area (Å²) in [5, 5.41) is 14.0. The van der Waals surface area contributed by atoms with E-state index in [1.54, 1.807) is 6.07 Å². The van der Waals surface area contributed by atoms with Gasteiger partial charge >= 0.3 is 5.00 Å². The van der Waals surface area contributed by atoms with Crippen LogP contribution in [0, 0.1) is 10.1 Å². The van der Waals surface area contributed by atoms with E-state index in [1.807, 2.05) is 12.2 Å². The first-order valence-electron chi connectivity index (χ1n) is 5.29. The molecule has 1 unspecified atom stereocenters. The fourth-order valence-corrected chi connectivity index (χ4v) is 1.94. The second-order valence-corrected chi connectivity index (χ2v) is 4.63. The Hall–Kier alpha value is -1.20. The zero-order valence-electron chi connectivity index (χ0n) is 9.47. The lowest BCUT2D eigenvalue weighted by atomic mass is 10.3. The fraction of sp³-hybridized carbons (Fsp3) is 0.455. The Balaban J connectivity index is 2.51. The van der Waals surface area contributed by atoms with E-state index in [0.717, 1.165) is 17.8 Å². The average Bonchev–Trinajstić information content (AvgIpc) is 2.72. The summed E-state index contributed by atoms with van der Waals surface area (Å²) in [5.41, 5.74) is 0. The summed E-state index contributed by atoms with van der Waals surface area (Å²) in [4.78, 5) is 11.0. The Morgan fingerprint density at radius 1 is 1.62 bits per heavy atom. The molecule has 0 bridgehead atoms. The number of rotatable bonds is 6. The molecule has 0 amide bonds. The predicted molar refractivity (Wildman–Crippen MR) is 67.8 cm³/mol. The molecular formula is C11H16N2O2S. The molecule has 0 radical (unpaired) electrons. The van der Waals surface area contributed by atoms with Crippen LogP contribution >= 0.6 is 11.3 Å². The summed E-state index contributed by atoms with van der Waals surface area (Å²) >= 11 is 1.19. The number of hydrogen-bond acceptors (Lipinski definition) is 4. The van der Waals surface area contributed by atoms with Crippen LogP contribution in [0.5, 0.6) is 0 Å². The number of nitrogens with one attached hydrogen (secondary N) is 1. The molecule has 1 atom stereocenters. The van der Waals surface area contributed by atoms with E-state index >= 15 is 0 Å². The van der Waals surface area contributed by atoms with Crippen molar-refractivity contribution in [2.75, 3.05) is 6.54 Å². The summed E-state index contributed by atoms with van der Waals surface area (Å²) in [6.07, 6.45) is 5.04. The molecule has 1 aromatic heterocycles. The highest BCUT2D eigenvalue weighted by Crippen LogP contribution is 2.24. The lowest BCUT2D eigenvalue weighted by Gasteiger charge is -2.06. The maximum Gasteiger partial charge on any atom is 0.324 e. The standard InChI is InChI=1S/C11H16N2O2S/c1-3-8-12-9(2)4-5-10-6-7-11(16-10)13(14)15/h4-7,9,12H,3,8H2,1-2H3/b5-4+. The molecule has 0 fully saturated rings. The molecule has 0 aromatic carbocycles. The van der Waals surface area contributed by atoms with Gasteiger partial charge in [-0.25, -0.2) is 0 Å². The third-order valence-corrected chi connectivity index (χ3v) is 3.06. The Bertz CT molecular complexity index is 374. The topological polar surface area (TPSA) is 55.2 Å². The molecule has 0 saturated carbocycles. The van der Waals surface area contributed by atoms with Gasteiger partial charge in [-0.2, -0.15) is 0 Å². The predicted octanol–water partition coefficient (Wildman–Crippen LogP) is 3.06. The maximum atomic E-state index is 10.5. The van der Waals surface area contributed by atoms with Gasteiger partial charge in [-0.05, 0) is 32.0 Å². The molecule has 0 aliphatic rings. The lowest BCUT2D eigenvalue weighted by molar-refractivity contribution is -0.380. The van der Waals surface area contributed by atoms with Crippen LogP contribution in [0.3, 0.4) is 0 Å². The summed E-state index contributed by atoms with van der Waals surface area (Å²) in [6.45, 7) is 5.16. The molecule has 88 valence electrons. The van der Waals surface area contributed by atoms with Gasteiger partial charge in [0.1, 0.15) is 0 Å². The molecular weight excluding hydrogens is 224 g/mol. The normalized spacial score (nSPS) is 13.1. The van der Waals surface area contributed by atoms with Crippen molar-refractivity contribution in [3.63, 3.8) is 0 Å². The van der Waals surface area contributed by atoms with Gasteiger partial charge in [0.05, 0.1) is 4.92 Å².